The first-order chi connectivity index (χ1) is 8.40. The van der Waals surface area contributed by atoms with Gasteiger partial charge in [0.05, 0.1) is 5.60 Å². The summed E-state index contributed by atoms with van der Waals surface area (Å²) < 4.78 is 5.51. The zero-order valence-corrected chi connectivity index (χ0v) is 11.9. The molecule has 0 aliphatic heterocycles. The standard InChI is InChI=1S/C15H25NO2/c1-12(16-4)5-6-13-7-9-14(10-8-13)18-11-15(2,3)17/h7-10,12,16-17H,5-6,11H2,1-4H3. The van der Waals surface area contributed by atoms with Gasteiger partial charge in [-0.3, -0.25) is 0 Å². The Bertz CT molecular complexity index is 341. The van der Waals surface area contributed by atoms with Crippen LogP contribution in [0.25, 0.3) is 0 Å². The van der Waals surface area contributed by atoms with Crippen LogP contribution in [0.15, 0.2) is 24.3 Å². The maximum Gasteiger partial charge on any atom is 0.119 e. The SMILES string of the molecule is CNC(C)CCc1ccc(OCC(C)(C)O)cc1. The molecule has 0 amide bonds. The summed E-state index contributed by atoms with van der Waals surface area (Å²) in [6.45, 7) is 5.96. The van der Waals surface area contributed by atoms with Gasteiger partial charge in [0, 0.05) is 6.04 Å². The van der Waals surface area contributed by atoms with E-state index in [0.29, 0.717) is 12.6 Å². The summed E-state index contributed by atoms with van der Waals surface area (Å²) in [7, 11) is 1.98. The Kier molecular flexibility index (Phi) is 5.63. The van der Waals surface area contributed by atoms with Crippen LogP contribution in [0.2, 0.25) is 0 Å². The fourth-order valence-corrected chi connectivity index (χ4v) is 1.54. The highest BCUT2D eigenvalue weighted by molar-refractivity contribution is 5.27. The van der Waals surface area contributed by atoms with Gasteiger partial charge < -0.3 is 15.2 Å². The molecule has 0 spiro atoms. The van der Waals surface area contributed by atoms with Crippen molar-refractivity contribution in [2.24, 2.45) is 0 Å². The van der Waals surface area contributed by atoms with E-state index in [9.17, 15) is 5.11 Å². The summed E-state index contributed by atoms with van der Waals surface area (Å²) in [5.41, 5.74) is 0.522. The lowest BCUT2D eigenvalue weighted by Crippen LogP contribution is -2.27. The lowest BCUT2D eigenvalue weighted by Gasteiger charge is -2.18. The van der Waals surface area contributed by atoms with Crippen LogP contribution in [0.1, 0.15) is 32.8 Å². The molecule has 0 aliphatic carbocycles. The summed E-state index contributed by atoms with van der Waals surface area (Å²) in [4.78, 5) is 0. The molecule has 0 saturated heterocycles. The number of benzene rings is 1. The molecule has 102 valence electrons. The first-order valence-corrected chi connectivity index (χ1v) is 6.52. The summed E-state index contributed by atoms with van der Waals surface area (Å²) in [5.74, 6) is 0.808. The van der Waals surface area contributed by atoms with E-state index in [-0.39, 0.29) is 0 Å². The van der Waals surface area contributed by atoms with Crippen LogP contribution in [0.5, 0.6) is 5.75 Å². The molecule has 1 aromatic rings. The second-order valence-electron chi connectivity index (χ2n) is 5.47. The van der Waals surface area contributed by atoms with E-state index in [1.807, 2.05) is 19.2 Å². The summed E-state index contributed by atoms with van der Waals surface area (Å²) in [5, 5.41) is 12.8. The van der Waals surface area contributed by atoms with Gasteiger partial charge in [-0.15, -0.1) is 0 Å². The summed E-state index contributed by atoms with van der Waals surface area (Å²) >= 11 is 0. The topological polar surface area (TPSA) is 41.5 Å². The minimum atomic E-state index is -0.791. The maximum absolute atomic E-state index is 9.57. The highest BCUT2D eigenvalue weighted by atomic mass is 16.5. The third kappa shape index (κ3) is 6.03. The fourth-order valence-electron chi connectivity index (χ4n) is 1.54. The van der Waals surface area contributed by atoms with Crippen LogP contribution >= 0.6 is 0 Å². The molecule has 0 heterocycles. The number of aliphatic hydroxyl groups is 1. The molecule has 0 radical (unpaired) electrons. The number of rotatable bonds is 7. The van der Waals surface area contributed by atoms with E-state index in [1.165, 1.54) is 5.56 Å². The van der Waals surface area contributed by atoms with Gasteiger partial charge in [0.15, 0.2) is 0 Å². The molecule has 1 rings (SSSR count). The predicted molar refractivity (Wildman–Crippen MR) is 75.1 cm³/mol. The van der Waals surface area contributed by atoms with Crippen LogP contribution in [-0.4, -0.2) is 30.4 Å². The van der Waals surface area contributed by atoms with Crippen molar-refractivity contribution in [3.63, 3.8) is 0 Å². The van der Waals surface area contributed by atoms with Crippen molar-refractivity contribution in [2.75, 3.05) is 13.7 Å². The monoisotopic (exact) mass is 251 g/mol. The average Bonchev–Trinajstić information content (AvgIpc) is 2.33. The summed E-state index contributed by atoms with van der Waals surface area (Å²) in [6, 6.07) is 8.64. The van der Waals surface area contributed by atoms with E-state index in [2.05, 4.69) is 24.4 Å². The van der Waals surface area contributed by atoms with Crippen molar-refractivity contribution in [1.29, 1.82) is 0 Å². The second-order valence-corrected chi connectivity index (χ2v) is 5.47. The Morgan fingerprint density at radius 3 is 2.39 bits per heavy atom. The quantitative estimate of drug-likeness (QED) is 0.782. The van der Waals surface area contributed by atoms with E-state index in [1.54, 1.807) is 13.8 Å². The number of nitrogens with one attached hydrogen (secondary N) is 1. The van der Waals surface area contributed by atoms with Gasteiger partial charge >= 0.3 is 0 Å². The molecule has 0 aromatic heterocycles. The van der Waals surface area contributed by atoms with Crippen LogP contribution in [0, 0.1) is 0 Å². The van der Waals surface area contributed by atoms with Crippen LogP contribution in [0.3, 0.4) is 0 Å². The minimum absolute atomic E-state index is 0.309. The Labute approximate surface area is 110 Å². The zero-order valence-electron chi connectivity index (χ0n) is 11.9. The highest BCUT2D eigenvalue weighted by Crippen LogP contribution is 2.15. The second kappa shape index (κ2) is 6.76. The smallest absolute Gasteiger partial charge is 0.119 e. The Morgan fingerprint density at radius 1 is 1.28 bits per heavy atom. The van der Waals surface area contributed by atoms with Gasteiger partial charge in [0.2, 0.25) is 0 Å². The number of hydrogen-bond donors (Lipinski definition) is 2. The van der Waals surface area contributed by atoms with E-state index in [0.717, 1.165) is 18.6 Å². The van der Waals surface area contributed by atoms with Gasteiger partial charge in [-0.25, -0.2) is 0 Å². The first-order valence-electron chi connectivity index (χ1n) is 6.52. The van der Waals surface area contributed by atoms with E-state index < -0.39 is 5.60 Å². The molecule has 0 bridgehead atoms. The third-order valence-electron chi connectivity index (χ3n) is 2.87. The van der Waals surface area contributed by atoms with Crippen molar-refractivity contribution in [3.8, 4) is 5.75 Å². The molecule has 2 N–H and O–H groups in total. The van der Waals surface area contributed by atoms with Crippen molar-refractivity contribution < 1.29 is 9.84 Å². The van der Waals surface area contributed by atoms with E-state index in [4.69, 9.17) is 4.74 Å². The van der Waals surface area contributed by atoms with E-state index >= 15 is 0 Å². The Hall–Kier alpha value is -1.06. The molecular weight excluding hydrogens is 226 g/mol. The van der Waals surface area contributed by atoms with Gasteiger partial charge in [-0.2, -0.15) is 0 Å². The molecule has 18 heavy (non-hydrogen) atoms. The summed E-state index contributed by atoms with van der Waals surface area (Å²) in [6.07, 6.45) is 2.19. The predicted octanol–water partition coefficient (Wildman–Crippen LogP) is 2.38. The minimum Gasteiger partial charge on any atom is -0.491 e. The maximum atomic E-state index is 9.57. The van der Waals surface area contributed by atoms with Crippen molar-refractivity contribution in [3.05, 3.63) is 29.8 Å². The molecule has 1 aromatic carbocycles. The molecular formula is C15H25NO2. The number of ether oxygens (including phenoxy) is 1. The molecule has 0 saturated carbocycles. The van der Waals surface area contributed by atoms with Crippen LogP contribution < -0.4 is 10.1 Å². The lowest BCUT2D eigenvalue weighted by molar-refractivity contribution is 0.0285. The molecule has 3 nitrogen and oxygen atoms in total. The highest BCUT2D eigenvalue weighted by Gasteiger charge is 2.13. The third-order valence-corrected chi connectivity index (χ3v) is 2.87. The van der Waals surface area contributed by atoms with Crippen molar-refractivity contribution in [2.45, 2.75) is 45.3 Å². The molecule has 1 unspecified atom stereocenters. The molecule has 3 heteroatoms. The van der Waals surface area contributed by atoms with Crippen molar-refractivity contribution in [1.82, 2.24) is 5.32 Å². The number of hydrogen-bond acceptors (Lipinski definition) is 3. The molecule has 1 atom stereocenters. The van der Waals surface area contributed by atoms with Crippen LogP contribution in [-0.2, 0) is 6.42 Å². The molecule has 0 aliphatic rings. The van der Waals surface area contributed by atoms with Gasteiger partial charge in [-0.1, -0.05) is 12.1 Å². The van der Waals surface area contributed by atoms with Gasteiger partial charge in [-0.05, 0) is 58.4 Å². The Morgan fingerprint density at radius 2 is 1.89 bits per heavy atom. The first kappa shape index (κ1) is 15.0. The van der Waals surface area contributed by atoms with Gasteiger partial charge in [0.25, 0.3) is 0 Å². The fraction of sp³-hybridized carbons (Fsp3) is 0.600. The average molecular weight is 251 g/mol. The van der Waals surface area contributed by atoms with Gasteiger partial charge in [0.1, 0.15) is 12.4 Å². The number of aryl methyl sites for hydroxylation is 1. The van der Waals surface area contributed by atoms with Crippen LogP contribution in [0.4, 0.5) is 0 Å². The normalized spacial score (nSPS) is 13.4. The zero-order chi connectivity index (χ0) is 13.6. The Balaban J connectivity index is 2.42. The largest absolute Gasteiger partial charge is 0.491 e. The lowest BCUT2D eigenvalue weighted by atomic mass is 10.1. The molecule has 0 fully saturated rings. The van der Waals surface area contributed by atoms with Crippen molar-refractivity contribution >= 4 is 0 Å².